The summed E-state index contributed by atoms with van der Waals surface area (Å²) in [6.07, 6.45) is 4.83. The Kier molecular flexibility index (Phi) is 7.33. The summed E-state index contributed by atoms with van der Waals surface area (Å²) in [7, 11) is 0. The number of H-pyrrole nitrogens is 1. The lowest BCUT2D eigenvalue weighted by Crippen LogP contribution is -2.35. The van der Waals surface area contributed by atoms with Crippen molar-refractivity contribution in [2.75, 3.05) is 13.1 Å². The van der Waals surface area contributed by atoms with E-state index in [4.69, 9.17) is 4.74 Å². The molecule has 1 heterocycles. The molecule has 0 aliphatic rings. The van der Waals surface area contributed by atoms with Crippen molar-refractivity contribution in [1.29, 1.82) is 0 Å². The number of aromatic amines is 1. The first-order chi connectivity index (χ1) is 14.2. The van der Waals surface area contributed by atoms with Gasteiger partial charge >= 0.3 is 0 Å². The van der Waals surface area contributed by atoms with Crippen LogP contribution < -0.4 is 4.74 Å². The van der Waals surface area contributed by atoms with E-state index in [1.165, 1.54) is 16.6 Å². The van der Waals surface area contributed by atoms with Crippen LogP contribution in [0.15, 0.2) is 91.4 Å². The van der Waals surface area contributed by atoms with E-state index in [1.54, 1.807) is 0 Å². The number of hydrogen-bond donors (Lipinski definition) is 1. The van der Waals surface area contributed by atoms with Crippen LogP contribution in [0.25, 0.3) is 10.9 Å². The fourth-order valence-corrected chi connectivity index (χ4v) is 3.36. The van der Waals surface area contributed by atoms with E-state index in [9.17, 15) is 0 Å². The third kappa shape index (κ3) is 5.88. The van der Waals surface area contributed by atoms with Crippen molar-refractivity contribution < 1.29 is 4.74 Å². The highest BCUT2D eigenvalue weighted by Gasteiger charge is 2.14. The van der Waals surface area contributed by atoms with Crippen molar-refractivity contribution >= 4 is 10.9 Å². The summed E-state index contributed by atoms with van der Waals surface area (Å²) in [5.74, 6) is 0.883. The van der Waals surface area contributed by atoms with Gasteiger partial charge in [-0.2, -0.15) is 0 Å². The number of nitrogens with zero attached hydrogens (tertiary/aromatic N) is 1. The molecule has 0 saturated carbocycles. The second-order valence-electron chi connectivity index (χ2n) is 7.14. The molecule has 0 radical (unpaired) electrons. The van der Waals surface area contributed by atoms with Crippen LogP contribution in [0.3, 0.4) is 0 Å². The highest BCUT2D eigenvalue weighted by Crippen LogP contribution is 2.23. The van der Waals surface area contributed by atoms with Gasteiger partial charge in [-0.05, 0) is 48.9 Å². The maximum Gasteiger partial charge on any atom is 0.120 e. The van der Waals surface area contributed by atoms with Crippen LogP contribution in [0.1, 0.15) is 18.2 Å². The second kappa shape index (κ2) is 10.4. The first kappa shape index (κ1) is 20.5. The van der Waals surface area contributed by atoms with Crippen molar-refractivity contribution in [2.45, 2.75) is 26.0 Å². The molecule has 1 aromatic heterocycles. The maximum absolute atomic E-state index is 5.96. The smallest absolute Gasteiger partial charge is 0.120 e. The summed E-state index contributed by atoms with van der Waals surface area (Å²) in [4.78, 5) is 5.88. The zero-order valence-electron chi connectivity index (χ0n) is 17.0. The number of fused-ring (bicyclic) bond motifs is 1. The Morgan fingerprint density at radius 3 is 2.45 bits per heavy atom. The Balaban J connectivity index is 1.68. The molecule has 3 rings (SSSR count). The summed E-state index contributed by atoms with van der Waals surface area (Å²) in [5, 5.41) is 1.17. The van der Waals surface area contributed by atoms with Crippen molar-refractivity contribution in [3.63, 3.8) is 0 Å². The van der Waals surface area contributed by atoms with Gasteiger partial charge < -0.3 is 9.72 Å². The zero-order valence-corrected chi connectivity index (χ0v) is 17.0. The highest BCUT2D eigenvalue weighted by atomic mass is 16.5. The summed E-state index contributed by atoms with van der Waals surface area (Å²) in [6, 6.07) is 19.0. The molecule has 0 saturated heterocycles. The third-order valence-corrected chi connectivity index (χ3v) is 4.98. The van der Waals surface area contributed by atoms with Crippen molar-refractivity contribution in [3.8, 4) is 5.75 Å². The predicted octanol–water partition coefficient (Wildman–Crippen LogP) is 5.66. The molecule has 0 aliphatic carbocycles. The molecule has 29 heavy (non-hydrogen) atoms. The lowest BCUT2D eigenvalue weighted by Gasteiger charge is -2.26. The number of benzene rings is 2. The standard InChI is InChI=1S/C26H28N2O/c1-4-6-15-28(16-7-5-2)21(3)17-24-18-23-19-25(13-14-26(23)27-24)29-20-22-11-9-8-10-12-22/h6-14,18-19,21,27H,1-2,15-17,20H2,3H3. The molecular formula is C26H28N2O. The Morgan fingerprint density at radius 1 is 1.03 bits per heavy atom. The van der Waals surface area contributed by atoms with Gasteiger partial charge in [0.1, 0.15) is 12.4 Å². The monoisotopic (exact) mass is 384 g/mol. The van der Waals surface area contributed by atoms with E-state index in [0.29, 0.717) is 12.6 Å². The molecule has 0 fully saturated rings. The van der Waals surface area contributed by atoms with Crippen LogP contribution >= 0.6 is 0 Å². The molecule has 1 unspecified atom stereocenters. The van der Waals surface area contributed by atoms with Gasteiger partial charge in [-0.25, -0.2) is 0 Å². The molecule has 2 aromatic carbocycles. The van der Waals surface area contributed by atoms with Crippen molar-refractivity contribution in [3.05, 3.63) is 103 Å². The van der Waals surface area contributed by atoms with E-state index in [1.807, 2.05) is 36.4 Å². The highest BCUT2D eigenvalue weighted by molar-refractivity contribution is 5.82. The Hall–Kier alpha value is -3.22. The van der Waals surface area contributed by atoms with E-state index in [2.05, 4.69) is 71.8 Å². The van der Waals surface area contributed by atoms with Gasteiger partial charge in [0.2, 0.25) is 0 Å². The first-order valence-corrected chi connectivity index (χ1v) is 9.90. The van der Waals surface area contributed by atoms with Gasteiger partial charge in [0.25, 0.3) is 0 Å². The minimum atomic E-state index is 0.353. The largest absolute Gasteiger partial charge is 0.489 e. The average molecular weight is 385 g/mol. The molecule has 3 aromatic rings. The fourth-order valence-electron chi connectivity index (χ4n) is 3.36. The summed E-state index contributed by atoms with van der Waals surface area (Å²) < 4.78 is 5.96. The van der Waals surface area contributed by atoms with Gasteiger partial charge in [-0.3, -0.25) is 4.90 Å². The van der Waals surface area contributed by atoms with Crippen LogP contribution in [-0.2, 0) is 13.0 Å². The van der Waals surface area contributed by atoms with Crippen molar-refractivity contribution in [2.24, 2.45) is 0 Å². The summed E-state index contributed by atoms with van der Waals surface area (Å²) in [5.41, 5.74) is 9.22. The molecule has 3 heteroatoms. The molecular weight excluding hydrogens is 356 g/mol. The SMILES string of the molecule is C=C=CCN(CC=C=C)C(C)Cc1cc2cc(OCc3ccccc3)ccc2[nH]1. The topological polar surface area (TPSA) is 28.3 Å². The van der Waals surface area contributed by atoms with Crippen molar-refractivity contribution in [1.82, 2.24) is 9.88 Å². The molecule has 0 aliphatic heterocycles. The molecule has 0 spiro atoms. The lowest BCUT2D eigenvalue weighted by molar-refractivity contribution is 0.254. The quantitative estimate of drug-likeness (QED) is 0.457. The Bertz CT molecular complexity index is 1000. The molecule has 1 N–H and O–H groups in total. The normalized spacial score (nSPS) is 11.7. The Morgan fingerprint density at radius 2 is 1.76 bits per heavy atom. The summed E-state index contributed by atoms with van der Waals surface area (Å²) in [6.45, 7) is 11.7. The molecule has 0 amide bonds. The van der Waals surface area contributed by atoms with E-state index in [-0.39, 0.29) is 0 Å². The van der Waals surface area contributed by atoms with Gasteiger partial charge in [-0.15, -0.1) is 11.5 Å². The number of ether oxygens (including phenoxy) is 1. The average Bonchev–Trinajstić information content (AvgIpc) is 3.14. The second-order valence-corrected chi connectivity index (χ2v) is 7.14. The fraction of sp³-hybridized carbons (Fsp3) is 0.231. The summed E-state index contributed by atoms with van der Waals surface area (Å²) >= 11 is 0. The van der Waals surface area contributed by atoms with Crippen LogP contribution in [-0.4, -0.2) is 29.0 Å². The number of aromatic nitrogens is 1. The van der Waals surface area contributed by atoms with E-state index >= 15 is 0 Å². The van der Waals surface area contributed by atoms with E-state index in [0.717, 1.165) is 30.8 Å². The molecule has 148 valence electrons. The molecule has 0 bridgehead atoms. The Labute approximate surface area is 173 Å². The maximum atomic E-state index is 5.96. The lowest BCUT2D eigenvalue weighted by atomic mass is 10.1. The number of nitrogens with one attached hydrogen (secondary N) is 1. The van der Waals surface area contributed by atoms with Crippen LogP contribution in [0.5, 0.6) is 5.75 Å². The van der Waals surface area contributed by atoms with Gasteiger partial charge in [0.05, 0.1) is 0 Å². The van der Waals surface area contributed by atoms with Gasteiger partial charge in [0, 0.05) is 42.1 Å². The van der Waals surface area contributed by atoms with E-state index < -0.39 is 0 Å². The van der Waals surface area contributed by atoms with Crippen LogP contribution in [0.2, 0.25) is 0 Å². The minimum Gasteiger partial charge on any atom is -0.489 e. The number of rotatable bonds is 10. The third-order valence-electron chi connectivity index (χ3n) is 4.98. The number of hydrogen-bond acceptors (Lipinski definition) is 2. The minimum absolute atomic E-state index is 0.353. The predicted molar refractivity (Wildman–Crippen MR) is 121 cm³/mol. The van der Waals surface area contributed by atoms with Gasteiger partial charge in [0.15, 0.2) is 0 Å². The molecule has 1 atom stereocenters. The van der Waals surface area contributed by atoms with Crippen LogP contribution in [0, 0.1) is 0 Å². The molecule has 3 nitrogen and oxygen atoms in total. The van der Waals surface area contributed by atoms with Gasteiger partial charge in [-0.1, -0.05) is 43.5 Å². The van der Waals surface area contributed by atoms with Crippen LogP contribution in [0.4, 0.5) is 0 Å². The zero-order chi connectivity index (χ0) is 20.5. The first-order valence-electron chi connectivity index (χ1n) is 9.90.